The number of benzene rings is 1. The van der Waals surface area contributed by atoms with Gasteiger partial charge in [0.1, 0.15) is 0 Å². The zero-order valence-electron chi connectivity index (χ0n) is 12.2. The molecule has 2 aromatic rings. The van der Waals surface area contributed by atoms with Crippen LogP contribution < -0.4 is 10.6 Å². The zero-order valence-corrected chi connectivity index (χ0v) is 12.2. The van der Waals surface area contributed by atoms with Crippen molar-refractivity contribution in [2.75, 3.05) is 17.7 Å². The van der Waals surface area contributed by atoms with E-state index in [-0.39, 0.29) is 0 Å². The molecule has 0 aliphatic carbocycles. The molecule has 1 heterocycles. The van der Waals surface area contributed by atoms with Crippen LogP contribution in [-0.2, 0) is 0 Å². The minimum Gasteiger partial charge on any atom is -0.399 e. The van der Waals surface area contributed by atoms with Crippen LogP contribution in [0.25, 0.3) is 10.9 Å². The van der Waals surface area contributed by atoms with E-state index in [0.29, 0.717) is 12.0 Å². The molecule has 3 nitrogen and oxygen atoms in total. The standard InChI is InChI=1S/C16H23N3/c1-11(2)9-12(3)19(4)16-7-8-18-15-10-13(17)5-6-14(15)16/h5-8,10-12H,9,17H2,1-4H3. The molecule has 3 heteroatoms. The first kappa shape index (κ1) is 13.7. The van der Waals surface area contributed by atoms with Crippen LogP contribution in [0.4, 0.5) is 11.4 Å². The van der Waals surface area contributed by atoms with Crippen molar-refractivity contribution in [3.8, 4) is 0 Å². The van der Waals surface area contributed by atoms with E-state index in [4.69, 9.17) is 5.73 Å². The molecule has 0 amide bonds. The van der Waals surface area contributed by atoms with Crippen LogP contribution in [0.5, 0.6) is 0 Å². The molecule has 102 valence electrons. The Bertz CT molecular complexity index is 563. The Morgan fingerprint density at radius 2 is 1.95 bits per heavy atom. The van der Waals surface area contributed by atoms with Gasteiger partial charge >= 0.3 is 0 Å². The summed E-state index contributed by atoms with van der Waals surface area (Å²) in [6.45, 7) is 6.79. The van der Waals surface area contributed by atoms with E-state index in [1.54, 1.807) is 0 Å². The molecule has 0 fully saturated rings. The molecule has 0 aliphatic rings. The highest BCUT2D eigenvalue weighted by Crippen LogP contribution is 2.28. The van der Waals surface area contributed by atoms with Crippen LogP contribution in [0, 0.1) is 5.92 Å². The van der Waals surface area contributed by atoms with Crippen LogP contribution in [-0.4, -0.2) is 18.1 Å². The van der Waals surface area contributed by atoms with Crippen molar-refractivity contribution in [3.63, 3.8) is 0 Å². The normalized spacial score (nSPS) is 12.9. The number of hydrogen-bond acceptors (Lipinski definition) is 3. The van der Waals surface area contributed by atoms with Gasteiger partial charge in [0.05, 0.1) is 5.52 Å². The summed E-state index contributed by atoms with van der Waals surface area (Å²) in [7, 11) is 2.15. The smallest absolute Gasteiger partial charge is 0.0743 e. The van der Waals surface area contributed by atoms with Gasteiger partial charge in [-0.15, -0.1) is 0 Å². The third-order valence-electron chi connectivity index (χ3n) is 3.60. The maximum absolute atomic E-state index is 5.82. The zero-order chi connectivity index (χ0) is 14.0. The fourth-order valence-electron chi connectivity index (χ4n) is 2.54. The van der Waals surface area contributed by atoms with Gasteiger partial charge in [-0.3, -0.25) is 4.98 Å². The summed E-state index contributed by atoms with van der Waals surface area (Å²) < 4.78 is 0. The number of fused-ring (bicyclic) bond motifs is 1. The number of hydrogen-bond donors (Lipinski definition) is 1. The van der Waals surface area contributed by atoms with Gasteiger partial charge in [0.25, 0.3) is 0 Å². The fourth-order valence-corrected chi connectivity index (χ4v) is 2.54. The van der Waals surface area contributed by atoms with E-state index < -0.39 is 0 Å². The Balaban J connectivity index is 2.39. The highest BCUT2D eigenvalue weighted by molar-refractivity contribution is 5.93. The molecule has 1 atom stereocenters. The molecule has 19 heavy (non-hydrogen) atoms. The predicted octanol–water partition coefficient (Wildman–Crippen LogP) is 3.69. The van der Waals surface area contributed by atoms with Crippen molar-refractivity contribution in [2.24, 2.45) is 5.92 Å². The average molecular weight is 257 g/mol. The molecule has 1 aromatic carbocycles. The van der Waals surface area contributed by atoms with Crippen LogP contribution in [0.1, 0.15) is 27.2 Å². The lowest BCUT2D eigenvalue weighted by Gasteiger charge is -2.29. The Kier molecular flexibility index (Phi) is 3.93. The average Bonchev–Trinajstić information content (AvgIpc) is 2.36. The summed E-state index contributed by atoms with van der Waals surface area (Å²) in [5.74, 6) is 0.696. The first-order chi connectivity index (χ1) is 8.99. The van der Waals surface area contributed by atoms with Crippen LogP contribution in [0.2, 0.25) is 0 Å². The lowest BCUT2D eigenvalue weighted by Crippen LogP contribution is -2.30. The summed E-state index contributed by atoms with van der Waals surface area (Å²) in [6, 6.07) is 8.51. The molecule has 1 aromatic heterocycles. The summed E-state index contributed by atoms with van der Waals surface area (Å²) >= 11 is 0. The molecule has 0 aliphatic heterocycles. The molecule has 0 saturated carbocycles. The fraction of sp³-hybridized carbons (Fsp3) is 0.438. The third kappa shape index (κ3) is 2.98. The number of pyridine rings is 1. The molecular formula is C16H23N3. The van der Waals surface area contributed by atoms with Crippen molar-refractivity contribution in [3.05, 3.63) is 30.5 Å². The van der Waals surface area contributed by atoms with Gasteiger partial charge in [-0.05, 0) is 43.5 Å². The number of rotatable bonds is 4. The molecule has 1 unspecified atom stereocenters. The molecule has 0 radical (unpaired) electrons. The first-order valence-electron chi connectivity index (χ1n) is 6.86. The van der Waals surface area contributed by atoms with Crippen LogP contribution in [0.15, 0.2) is 30.5 Å². The van der Waals surface area contributed by atoms with E-state index in [2.05, 4.69) is 49.8 Å². The Labute approximate surface area is 115 Å². The van der Waals surface area contributed by atoms with Gasteiger partial charge in [-0.2, -0.15) is 0 Å². The van der Waals surface area contributed by atoms with Crippen molar-refractivity contribution in [2.45, 2.75) is 33.2 Å². The Hall–Kier alpha value is -1.77. The number of nitrogens with two attached hydrogens (primary N) is 1. The predicted molar refractivity (Wildman–Crippen MR) is 83.5 cm³/mol. The van der Waals surface area contributed by atoms with E-state index >= 15 is 0 Å². The van der Waals surface area contributed by atoms with Gasteiger partial charge in [-0.1, -0.05) is 13.8 Å². The summed E-state index contributed by atoms with van der Waals surface area (Å²) in [4.78, 5) is 6.73. The van der Waals surface area contributed by atoms with Crippen molar-refractivity contribution in [1.82, 2.24) is 4.98 Å². The number of aromatic nitrogens is 1. The second-order valence-corrected chi connectivity index (χ2v) is 5.70. The summed E-state index contributed by atoms with van der Waals surface area (Å²) in [5.41, 5.74) is 8.76. The maximum atomic E-state index is 5.82. The third-order valence-corrected chi connectivity index (χ3v) is 3.60. The van der Waals surface area contributed by atoms with Gasteiger partial charge in [0, 0.05) is 36.0 Å². The largest absolute Gasteiger partial charge is 0.399 e. The molecular weight excluding hydrogens is 234 g/mol. The molecule has 0 saturated heterocycles. The number of nitrogen functional groups attached to an aromatic ring is 1. The van der Waals surface area contributed by atoms with E-state index in [0.717, 1.165) is 16.6 Å². The maximum Gasteiger partial charge on any atom is 0.0743 e. The minimum atomic E-state index is 0.503. The highest BCUT2D eigenvalue weighted by Gasteiger charge is 2.14. The molecule has 2 N–H and O–H groups in total. The number of nitrogens with zero attached hydrogens (tertiary/aromatic N) is 2. The van der Waals surface area contributed by atoms with Crippen molar-refractivity contribution >= 4 is 22.3 Å². The molecule has 0 spiro atoms. The minimum absolute atomic E-state index is 0.503. The van der Waals surface area contributed by atoms with Crippen LogP contribution >= 0.6 is 0 Å². The van der Waals surface area contributed by atoms with Gasteiger partial charge in [0.2, 0.25) is 0 Å². The molecule has 0 bridgehead atoms. The van der Waals surface area contributed by atoms with Crippen molar-refractivity contribution in [1.29, 1.82) is 0 Å². The summed E-state index contributed by atoms with van der Waals surface area (Å²) in [5, 5.41) is 1.16. The lowest BCUT2D eigenvalue weighted by atomic mass is 10.0. The second kappa shape index (κ2) is 5.47. The van der Waals surface area contributed by atoms with Gasteiger partial charge < -0.3 is 10.6 Å². The Morgan fingerprint density at radius 3 is 2.63 bits per heavy atom. The lowest BCUT2D eigenvalue weighted by molar-refractivity contribution is 0.504. The summed E-state index contributed by atoms with van der Waals surface area (Å²) in [6.07, 6.45) is 3.03. The Morgan fingerprint density at radius 1 is 1.21 bits per heavy atom. The first-order valence-corrected chi connectivity index (χ1v) is 6.86. The number of anilines is 2. The van der Waals surface area contributed by atoms with Crippen molar-refractivity contribution < 1.29 is 0 Å². The van der Waals surface area contributed by atoms with Gasteiger partial charge in [0.15, 0.2) is 0 Å². The van der Waals surface area contributed by atoms with E-state index in [1.807, 2.05) is 18.3 Å². The second-order valence-electron chi connectivity index (χ2n) is 5.70. The van der Waals surface area contributed by atoms with E-state index in [1.165, 1.54) is 12.1 Å². The monoisotopic (exact) mass is 257 g/mol. The SMILES string of the molecule is CC(C)CC(C)N(C)c1ccnc2cc(N)ccc12. The quantitative estimate of drug-likeness (QED) is 0.849. The topological polar surface area (TPSA) is 42.2 Å². The van der Waals surface area contributed by atoms with Gasteiger partial charge in [-0.25, -0.2) is 0 Å². The highest BCUT2D eigenvalue weighted by atomic mass is 15.1. The molecule has 2 rings (SSSR count). The van der Waals surface area contributed by atoms with Crippen LogP contribution in [0.3, 0.4) is 0 Å². The van der Waals surface area contributed by atoms with E-state index in [9.17, 15) is 0 Å².